The van der Waals surface area contributed by atoms with Crippen molar-refractivity contribution in [2.24, 2.45) is 5.73 Å². The zero-order valence-electron chi connectivity index (χ0n) is 14.4. The summed E-state index contributed by atoms with van der Waals surface area (Å²) in [6.45, 7) is -0.773. The van der Waals surface area contributed by atoms with E-state index < -0.39 is 42.5 Å². The van der Waals surface area contributed by atoms with Gasteiger partial charge in [0, 0.05) is 29.3 Å². The van der Waals surface area contributed by atoms with Gasteiger partial charge >= 0.3 is 5.97 Å². The van der Waals surface area contributed by atoms with Crippen LogP contribution in [-0.4, -0.2) is 63.5 Å². The summed E-state index contributed by atoms with van der Waals surface area (Å²) < 4.78 is 0. The Kier molecular flexibility index (Phi) is 7.22. The molecular weight excluding hydrogens is 372 g/mol. The van der Waals surface area contributed by atoms with Crippen molar-refractivity contribution >= 4 is 41.3 Å². The van der Waals surface area contributed by atoms with Crippen LogP contribution in [0.25, 0.3) is 10.9 Å². The normalized spacial score (nSPS) is 14.3. The van der Waals surface area contributed by atoms with Crippen molar-refractivity contribution in [1.82, 2.24) is 15.6 Å². The van der Waals surface area contributed by atoms with Crippen molar-refractivity contribution in [3.8, 4) is 0 Å². The summed E-state index contributed by atoms with van der Waals surface area (Å²) in [5.74, 6) is -2.61. The number of hydrogen-bond acceptors (Lipinski definition) is 6. The smallest absolute Gasteiger partial charge is 0.328 e. The lowest BCUT2D eigenvalue weighted by Crippen LogP contribution is -2.56. The van der Waals surface area contributed by atoms with Gasteiger partial charge in [0.25, 0.3) is 0 Å². The number of nitrogens with two attached hydrogens (primary N) is 1. The quantitative estimate of drug-likeness (QED) is 0.271. The number of fused-ring (bicyclic) bond motifs is 1. The van der Waals surface area contributed by atoms with Crippen molar-refractivity contribution < 1.29 is 24.6 Å². The molecule has 10 heteroatoms. The molecule has 1 heterocycles. The number of carbonyl (C=O) groups is 3. The Morgan fingerprint density at radius 3 is 2.44 bits per heavy atom. The van der Waals surface area contributed by atoms with Crippen molar-refractivity contribution in [3.05, 3.63) is 36.0 Å². The minimum Gasteiger partial charge on any atom is -0.480 e. The van der Waals surface area contributed by atoms with Gasteiger partial charge in [0.1, 0.15) is 12.1 Å². The van der Waals surface area contributed by atoms with Crippen LogP contribution in [0.2, 0.25) is 0 Å². The van der Waals surface area contributed by atoms with Crippen molar-refractivity contribution in [2.75, 3.05) is 12.4 Å². The molecule has 9 nitrogen and oxygen atoms in total. The number of carbonyl (C=O) groups excluding carboxylic acids is 2. The van der Waals surface area contributed by atoms with E-state index in [2.05, 4.69) is 28.2 Å². The molecule has 2 amide bonds. The van der Waals surface area contributed by atoms with E-state index in [4.69, 9.17) is 15.9 Å². The Morgan fingerprint density at radius 1 is 1.15 bits per heavy atom. The third-order valence-electron chi connectivity index (χ3n) is 4.06. The molecule has 0 radical (unpaired) electrons. The number of aliphatic hydroxyl groups is 1. The Balaban J connectivity index is 2.24. The van der Waals surface area contributed by atoms with Crippen LogP contribution in [0.15, 0.2) is 30.5 Å². The average molecular weight is 394 g/mol. The lowest BCUT2D eigenvalue weighted by molar-refractivity contribution is -0.143. The number of aromatic amines is 1. The van der Waals surface area contributed by atoms with Gasteiger partial charge in [0.15, 0.2) is 0 Å². The van der Waals surface area contributed by atoms with Gasteiger partial charge < -0.3 is 31.6 Å². The van der Waals surface area contributed by atoms with E-state index in [9.17, 15) is 14.4 Å². The number of amides is 2. The van der Waals surface area contributed by atoms with Crippen molar-refractivity contribution in [1.29, 1.82) is 0 Å². The fraction of sp³-hybridized carbons (Fsp3) is 0.353. The number of H-pyrrole nitrogens is 1. The molecular formula is C17H22N4O5S. The van der Waals surface area contributed by atoms with E-state index in [0.29, 0.717) is 0 Å². The van der Waals surface area contributed by atoms with Gasteiger partial charge in [0.05, 0.1) is 12.6 Å². The summed E-state index contributed by atoms with van der Waals surface area (Å²) in [6.07, 6.45) is 1.83. The number of aliphatic hydroxyl groups excluding tert-OH is 1. The first-order chi connectivity index (χ1) is 12.9. The lowest BCUT2D eigenvalue weighted by atomic mass is 10.0. The van der Waals surface area contributed by atoms with Gasteiger partial charge in [-0.15, -0.1) is 0 Å². The number of benzene rings is 1. The summed E-state index contributed by atoms with van der Waals surface area (Å²) in [7, 11) is 0. The SMILES string of the molecule is N[C@@H](CS)C(=O)N[C@@H](Cc1c[nH]c2ccccc12)C(=O)N[C@@H](CO)C(=O)O. The van der Waals surface area contributed by atoms with E-state index in [1.54, 1.807) is 6.20 Å². The molecule has 0 spiro atoms. The standard InChI is InChI=1S/C17H22N4O5S/c18-11(8-27)15(23)20-13(16(24)21-14(7-22)17(25)26)5-9-6-19-12-4-2-1-3-10(9)12/h1-4,6,11,13-14,19,22,27H,5,7-8,18H2,(H,20,23)(H,21,24)(H,25,26)/t11-,13-,14-/m0/s1. The number of nitrogens with one attached hydrogen (secondary N) is 3. The van der Waals surface area contributed by atoms with Crippen molar-refractivity contribution in [2.45, 2.75) is 24.5 Å². The van der Waals surface area contributed by atoms with Crippen LogP contribution in [-0.2, 0) is 20.8 Å². The van der Waals surface area contributed by atoms with Crippen LogP contribution in [0.3, 0.4) is 0 Å². The van der Waals surface area contributed by atoms with Crippen LogP contribution >= 0.6 is 12.6 Å². The Labute approximate surface area is 160 Å². The molecule has 1 aromatic carbocycles. The summed E-state index contributed by atoms with van der Waals surface area (Å²) in [6, 6.07) is 3.98. The van der Waals surface area contributed by atoms with Crippen LogP contribution in [0.4, 0.5) is 0 Å². The summed E-state index contributed by atoms with van der Waals surface area (Å²) in [5, 5.41) is 23.7. The number of hydrogen-bond donors (Lipinski definition) is 7. The minimum absolute atomic E-state index is 0.0850. The largest absolute Gasteiger partial charge is 0.480 e. The van der Waals surface area contributed by atoms with Gasteiger partial charge in [-0.25, -0.2) is 4.79 Å². The van der Waals surface area contributed by atoms with Crippen LogP contribution in [0, 0.1) is 0 Å². The molecule has 3 atom stereocenters. The molecule has 0 fully saturated rings. The van der Waals surface area contributed by atoms with E-state index in [0.717, 1.165) is 16.5 Å². The number of aliphatic carboxylic acids is 1. The Hall–Kier alpha value is -2.56. The highest BCUT2D eigenvalue weighted by Gasteiger charge is 2.28. The van der Waals surface area contributed by atoms with Crippen LogP contribution < -0.4 is 16.4 Å². The molecule has 0 aliphatic rings. The zero-order chi connectivity index (χ0) is 20.0. The van der Waals surface area contributed by atoms with Gasteiger partial charge in [-0.1, -0.05) is 18.2 Å². The number of carboxylic acids is 1. The maximum atomic E-state index is 12.6. The molecule has 0 saturated carbocycles. The molecule has 0 unspecified atom stereocenters. The monoisotopic (exact) mass is 394 g/mol. The second-order valence-corrected chi connectivity index (χ2v) is 6.36. The molecule has 7 N–H and O–H groups in total. The third kappa shape index (κ3) is 5.22. The van der Waals surface area contributed by atoms with E-state index >= 15 is 0 Å². The molecule has 2 rings (SSSR count). The van der Waals surface area contributed by atoms with Crippen molar-refractivity contribution in [3.63, 3.8) is 0 Å². The maximum Gasteiger partial charge on any atom is 0.328 e. The number of thiol groups is 1. The first-order valence-electron chi connectivity index (χ1n) is 8.23. The highest BCUT2D eigenvalue weighted by atomic mass is 32.1. The molecule has 0 bridgehead atoms. The molecule has 0 aliphatic carbocycles. The molecule has 146 valence electrons. The minimum atomic E-state index is -1.47. The number of para-hydroxylation sites is 1. The predicted molar refractivity (Wildman–Crippen MR) is 102 cm³/mol. The molecule has 1 aromatic heterocycles. The molecule has 2 aromatic rings. The topological polar surface area (TPSA) is 158 Å². The Morgan fingerprint density at radius 2 is 1.81 bits per heavy atom. The predicted octanol–water partition coefficient (Wildman–Crippen LogP) is -0.986. The van der Waals surface area contributed by atoms with Gasteiger partial charge in [-0.2, -0.15) is 12.6 Å². The Bertz CT molecular complexity index is 825. The van der Waals surface area contributed by atoms with Gasteiger partial charge in [-0.3, -0.25) is 9.59 Å². The number of rotatable bonds is 9. The second-order valence-electron chi connectivity index (χ2n) is 6.00. The van der Waals surface area contributed by atoms with E-state index in [1.165, 1.54) is 0 Å². The van der Waals surface area contributed by atoms with E-state index in [1.807, 2.05) is 24.3 Å². The number of carboxylic acid groups (broad SMARTS) is 1. The molecule has 0 saturated heterocycles. The fourth-order valence-corrected chi connectivity index (χ4v) is 2.71. The van der Waals surface area contributed by atoms with Crippen LogP contribution in [0.1, 0.15) is 5.56 Å². The average Bonchev–Trinajstić information content (AvgIpc) is 3.07. The lowest BCUT2D eigenvalue weighted by Gasteiger charge is -2.22. The van der Waals surface area contributed by atoms with Crippen LogP contribution in [0.5, 0.6) is 0 Å². The summed E-state index contributed by atoms with van der Waals surface area (Å²) in [4.78, 5) is 38.8. The second kappa shape index (κ2) is 9.40. The highest BCUT2D eigenvalue weighted by Crippen LogP contribution is 2.19. The third-order valence-corrected chi connectivity index (χ3v) is 4.46. The molecule has 27 heavy (non-hydrogen) atoms. The maximum absolute atomic E-state index is 12.6. The number of aromatic nitrogens is 1. The van der Waals surface area contributed by atoms with Gasteiger partial charge in [0.2, 0.25) is 11.8 Å². The fourth-order valence-electron chi connectivity index (χ4n) is 2.55. The first kappa shape index (κ1) is 20.7. The zero-order valence-corrected chi connectivity index (χ0v) is 15.3. The van der Waals surface area contributed by atoms with Gasteiger partial charge in [-0.05, 0) is 11.6 Å². The van der Waals surface area contributed by atoms with E-state index in [-0.39, 0.29) is 12.2 Å². The summed E-state index contributed by atoms with van der Waals surface area (Å²) >= 11 is 3.96. The summed E-state index contributed by atoms with van der Waals surface area (Å²) in [5.41, 5.74) is 7.27. The molecule has 0 aliphatic heterocycles. The first-order valence-corrected chi connectivity index (χ1v) is 8.86. The highest BCUT2D eigenvalue weighted by molar-refractivity contribution is 7.80.